The summed E-state index contributed by atoms with van der Waals surface area (Å²) in [6, 6.07) is 6.54. The van der Waals surface area contributed by atoms with Gasteiger partial charge in [0, 0.05) is 12.3 Å². The highest BCUT2D eigenvalue weighted by atomic mass is 16.2. The SMILES string of the molecule is CCCCCCCCCCCCC1CC(=O)N(c2ccccc2C(N)=O)C1=O. The maximum atomic E-state index is 12.7. The van der Waals surface area contributed by atoms with Gasteiger partial charge < -0.3 is 5.73 Å². The number of imide groups is 1. The molecule has 0 aromatic heterocycles. The van der Waals surface area contributed by atoms with Gasteiger partial charge in [-0.05, 0) is 18.6 Å². The van der Waals surface area contributed by atoms with Gasteiger partial charge in [-0.3, -0.25) is 14.4 Å². The molecule has 1 unspecified atom stereocenters. The lowest BCUT2D eigenvalue weighted by Crippen LogP contribution is -2.32. The van der Waals surface area contributed by atoms with E-state index in [1.54, 1.807) is 24.3 Å². The second kappa shape index (κ2) is 11.6. The molecule has 28 heavy (non-hydrogen) atoms. The van der Waals surface area contributed by atoms with Gasteiger partial charge in [-0.1, -0.05) is 83.3 Å². The van der Waals surface area contributed by atoms with Crippen molar-refractivity contribution in [2.24, 2.45) is 11.7 Å². The number of hydrogen-bond acceptors (Lipinski definition) is 3. The second-order valence-electron chi connectivity index (χ2n) is 7.82. The number of hydrogen-bond donors (Lipinski definition) is 1. The smallest absolute Gasteiger partial charge is 0.250 e. The van der Waals surface area contributed by atoms with Gasteiger partial charge in [0.1, 0.15) is 0 Å². The number of benzene rings is 1. The van der Waals surface area contributed by atoms with E-state index in [1.165, 1.54) is 51.4 Å². The maximum Gasteiger partial charge on any atom is 0.250 e. The molecule has 1 atom stereocenters. The first-order chi connectivity index (χ1) is 13.6. The number of rotatable bonds is 13. The Bertz CT molecular complexity index is 672. The fourth-order valence-electron chi connectivity index (χ4n) is 3.93. The summed E-state index contributed by atoms with van der Waals surface area (Å²) in [5.41, 5.74) is 5.92. The molecule has 1 saturated heterocycles. The summed E-state index contributed by atoms with van der Waals surface area (Å²) in [5.74, 6) is -1.35. The Kier molecular flexibility index (Phi) is 9.18. The minimum Gasteiger partial charge on any atom is -0.366 e. The van der Waals surface area contributed by atoms with Crippen molar-refractivity contribution >= 4 is 23.4 Å². The van der Waals surface area contributed by atoms with Gasteiger partial charge in [-0.15, -0.1) is 0 Å². The third-order valence-electron chi connectivity index (χ3n) is 5.56. The predicted molar refractivity (Wildman–Crippen MR) is 112 cm³/mol. The van der Waals surface area contributed by atoms with E-state index >= 15 is 0 Å². The fourth-order valence-corrected chi connectivity index (χ4v) is 3.93. The van der Waals surface area contributed by atoms with E-state index in [0.29, 0.717) is 5.69 Å². The van der Waals surface area contributed by atoms with Crippen LogP contribution in [0.4, 0.5) is 5.69 Å². The Morgan fingerprint density at radius 1 is 0.964 bits per heavy atom. The number of nitrogens with two attached hydrogens (primary N) is 1. The van der Waals surface area contributed by atoms with Crippen LogP contribution in [0.25, 0.3) is 0 Å². The minimum absolute atomic E-state index is 0.199. The molecule has 1 aromatic rings. The van der Waals surface area contributed by atoms with E-state index in [4.69, 9.17) is 5.73 Å². The van der Waals surface area contributed by atoms with Crippen LogP contribution in [0, 0.1) is 5.92 Å². The maximum absolute atomic E-state index is 12.7. The summed E-state index contributed by atoms with van der Waals surface area (Å²) in [4.78, 5) is 37.9. The van der Waals surface area contributed by atoms with Crippen LogP contribution in [0.5, 0.6) is 0 Å². The molecule has 1 fully saturated rings. The van der Waals surface area contributed by atoms with E-state index < -0.39 is 5.91 Å². The Hall–Kier alpha value is -2.17. The lowest BCUT2D eigenvalue weighted by molar-refractivity contribution is -0.122. The number of para-hydroxylation sites is 1. The Balaban J connectivity index is 1.73. The molecule has 3 amide bonds. The van der Waals surface area contributed by atoms with Gasteiger partial charge in [-0.25, -0.2) is 4.90 Å². The highest BCUT2D eigenvalue weighted by Gasteiger charge is 2.40. The number of anilines is 1. The van der Waals surface area contributed by atoms with Crippen molar-refractivity contribution in [3.05, 3.63) is 29.8 Å². The molecular weight excluding hydrogens is 352 g/mol. The minimum atomic E-state index is -0.630. The molecule has 0 spiro atoms. The summed E-state index contributed by atoms with van der Waals surface area (Å²) < 4.78 is 0. The first-order valence-electron chi connectivity index (χ1n) is 10.8. The summed E-state index contributed by atoms with van der Waals surface area (Å²) in [6.07, 6.45) is 13.4. The first kappa shape index (κ1) is 22.1. The molecule has 2 rings (SSSR count). The zero-order valence-electron chi connectivity index (χ0n) is 17.1. The van der Waals surface area contributed by atoms with Crippen LogP contribution in [0.2, 0.25) is 0 Å². The normalized spacial score (nSPS) is 16.8. The van der Waals surface area contributed by atoms with Gasteiger partial charge in [-0.2, -0.15) is 0 Å². The average molecular weight is 387 g/mol. The number of amides is 3. The predicted octanol–water partition coefficient (Wildman–Crippen LogP) is 4.98. The Morgan fingerprint density at radius 2 is 1.54 bits per heavy atom. The van der Waals surface area contributed by atoms with Crippen molar-refractivity contribution in [2.75, 3.05) is 4.90 Å². The largest absolute Gasteiger partial charge is 0.366 e. The van der Waals surface area contributed by atoms with Crippen molar-refractivity contribution in [2.45, 2.75) is 84.0 Å². The zero-order chi connectivity index (χ0) is 20.4. The van der Waals surface area contributed by atoms with Crippen LogP contribution in [0.15, 0.2) is 24.3 Å². The van der Waals surface area contributed by atoms with Crippen molar-refractivity contribution < 1.29 is 14.4 Å². The molecule has 1 heterocycles. The zero-order valence-corrected chi connectivity index (χ0v) is 17.1. The summed E-state index contributed by atoms with van der Waals surface area (Å²) in [6.45, 7) is 2.23. The van der Waals surface area contributed by atoms with E-state index in [0.717, 1.165) is 24.2 Å². The monoisotopic (exact) mass is 386 g/mol. The lowest BCUT2D eigenvalue weighted by Gasteiger charge is -2.17. The van der Waals surface area contributed by atoms with Crippen molar-refractivity contribution in [3.8, 4) is 0 Å². The molecule has 0 saturated carbocycles. The number of nitrogens with zero attached hydrogens (tertiary/aromatic N) is 1. The molecule has 0 radical (unpaired) electrons. The van der Waals surface area contributed by atoms with Crippen LogP contribution >= 0.6 is 0 Å². The number of unbranched alkanes of at least 4 members (excludes halogenated alkanes) is 9. The summed E-state index contributed by atoms with van der Waals surface area (Å²) in [7, 11) is 0. The fraction of sp³-hybridized carbons (Fsp3) is 0.609. The van der Waals surface area contributed by atoms with Crippen molar-refractivity contribution in [3.63, 3.8) is 0 Å². The van der Waals surface area contributed by atoms with Crippen LogP contribution in [0.1, 0.15) is 94.3 Å². The van der Waals surface area contributed by atoms with Crippen LogP contribution in [-0.2, 0) is 9.59 Å². The number of primary amides is 1. The molecular formula is C23H34N2O3. The van der Waals surface area contributed by atoms with Crippen molar-refractivity contribution in [1.29, 1.82) is 0 Å². The number of carbonyl (C=O) groups excluding carboxylic acids is 3. The van der Waals surface area contributed by atoms with E-state index in [-0.39, 0.29) is 29.7 Å². The Labute approximate surface area is 168 Å². The molecule has 5 heteroatoms. The third-order valence-corrected chi connectivity index (χ3v) is 5.56. The first-order valence-corrected chi connectivity index (χ1v) is 10.8. The number of carbonyl (C=O) groups is 3. The molecule has 0 bridgehead atoms. The van der Waals surface area contributed by atoms with Crippen LogP contribution in [-0.4, -0.2) is 17.7 Å². The lowest BCUT2D eigenvalue weighted by atomic mass is 9.98. The summed E-state index contributed by atoms with van der Waals surface area (Å²) >= 11 is 0. The van der Waals surface area contributed by atoms with Gasteiger partial charge >= 0.3 is 0 Å². The molecule has 1 aromatic carbocycles. The second-order valence-corrected chi connectivity index (χ2v) is 7.82. The van der Waals surface area contributed by atoms with Gasteiger partial charge in [0.15, 0.2) is 0 Å². The van der Waals surface area contributed by atoms with E-state index in [1.807, 2.05) is 0 Å². The highest BCUT2D eigenvalue weighted by molar-refractivity contribution is 6.23. The summed E-state index contributed by atoms with van der Waals surface area (Å²) in [5, 5.41) is 0. The van der Waals surface area contributed by atoms with Crippen LogP contribution < -0.4 is 10.6 Å². The molecule has 1 aliphatic rings. The van der Waals surface area contributed by atoms with E-state index in [2.05, 4.69) is 6.92 Å². The third kappa shape index (κ3) is 6.18. The standard InChI is InChI=1S/C23H34N2O3/c1-2-3-4-5-6-7-8-9-10-11-14-18-17-21(26)25(23(18)28)20-16-13-12-15-19(20)22(24)27/h12-13,15-16,18H,2-11,14,17H2,1H3,(H2,24,27). The van der Waals surface area contributed by atoms with E-state index in [9.17, 15) is 14.4 Å². The van der Waals surface area contributed by atoms with Gasteiger partial charge in [0.05, 0.1) is 11.3 Å². The molecule has 2 N–H and O–H groups in total. The molecule has 0 aliphatic carbocycles. The van der Waals surface area contributed by atoms with Crippen molar-refractivity contribution in [1.82, 2.24) is 0 Å². The molecule has 1 aliphatic heterocycles. The quantitative estimate of drug-likeness (QED) is 0.384. The topological polar surface area (TPSA) is 80.5 Å². The molecule has 5 nitrogen and oxygen atoms in total. The van der Waals surface area contributed by atoms with Crippen LogP contribution in [0.3, 0.4) is 0 Å². The average Bonchev–Trinajstić information content (AvgIpc) is 2.96. The Morgan fingerprint density at radius 3 is 2.14 bits per heavy atom. The van der Waals surface area contributed by atoms with Gasteiger partial charge in [0.2, 0.25) is 11.8 Å². The van der Waals surface area contributed by atoms with Gasteiger partial charge in [0.25, 0.3) is 5.91 Å². The highest BCUT2D eigenvalue weighted by Crippen LogP contribution is 2.31. The molecule has 154 valence electrons.